The normalized spacial score (nSPS) is 19.1. The molecule has 2 aromatic heterocycles. The maximum Gasteiger partial charge on any atom is 0.328 e. The summed E-state index contributed by atoms with van der Waals surface area (Å²) in [6.45, 7) is 1.23. The Balaban J connectivity index is 1.35. The Bertz CT molecular complexity index is 1270. The van der Waals surface area contributed by atoms with Crippen molar-refractivity contribution >= 4 is 29.9 Å². The van der Waals surface area contributed by atoms with E-state index < -0.39 is 12.1 Å². The summed E-state index contributed by atoms with van der Waals surface area (Å²) >= 11 is 0. The molecule has 0 radical (unpaired) electrons. The molecular weight excluding hydrogens is 476 g/mol. The van der Waals surface area contributed by atoms with Crippen molar-refractivity contribution < 1.29 is 23.9 Å². The number of nitrogens with one attached hydrogen (secondary N) is 1. The van der Waals surface area contributed by atoms with Gasteiger partial charge in [0.15, 0.2) is 6.29 Å². The van der Waals surface area contributed by atoms with E-state index in [0.29, 0.717) is 61.3 Å². The van der Waals surface area contributed by atoms with Crippen LogP contribution in [0.25, 0.3) is 0 Å². The van der Waals surface area contributed by atoms with Gasteiger partial charge in [-0.05, 0) is 43.7 Å². The van der Waals surface area contributed by atoms with Gasteiger partial charge in [0.1, 0.15) is 40.8 Å². The Labute approximate surface area is 214 Å². The van der Waals surface area contributed by atoms with Gasteiger partial charge in [0.05, 0.1) is 12.3 Å². The smallest absolute Gasteiger partial charge is 0.328 e. The number of carbonyl (C=O) groups is 3. The predicted octanol–water partition coefficient (Wildman–Crippen LogP) is 2.82. The zero-order valence-electron chi connectivity index (χ0n) is 20.6. The number of urea groups is 1. The molecule has 2 aromatic rings. The highest BCUT2D eigenvalue weighted by Gasteiger charge is 2.33. The lowest BCUT2D eigenvalue weighted by molar-refractivity contribution is -0.136. The SMILES string of the molecule is COC1CCN(Cc2cc3c(nc2C=O)N(C(=O)Nc2cc(OC4CCC4)c(C#N)cn2)CCC3)C1=O. The maximum atomic E-state index is 13.2. The predicted molar refractivity (Wildman–Crippen MR) is 132 cm³/mol. The molecule has 5 rings (SSSR count). The lowest BCUT2D eigenvalue weighted by atomic mass is 9.96. The van der Waals surface area contributed by atoms with Gasteiger partial charge in [0.2, 0.25) is 0 Å². The Morgan fingerprint density at radius 2 is 2.11 bits per heavy atom. The minimum atomic E-state index is -0.458. The topological polar surface area (TPSA) is 138 Å². The van der Waals surface area contributed by atoms with Crippen LogP contribution in [-0.4, -0.2) is 65.5 Å². The number of methoxy groups -OCH3 is 1. The summed E-state index contributed by atoms with van der Waals surface area (Å²) in [5.74, 6) is 0.970. The quantitative estimate of drug-likeness (QED) is 0.568. The number of likely N-dealkylation sites (tertiary alicyclic amines) is 1. The van der Waals surface area contributed by atoms with Crippen LogP contribution in [0, 0.1) is 11.3 Å². The number of nitrogens with zero attached hydrogens (tertiary/aromatic N) is 5. The molecule has 1 saturated heterocycles. The highest BCUT2D eigenvalue weighted by atomic mass is 16.5. The molecule has 0 aromatic carbocycles. The fourth-order valence-corrected chi connectivity index (χ4v) is 4.81. The van der Waals surface area contributed by atoms with E-state index in [1.54, 1.807) is 11.0 Å². The molecule has 1 aliphatic carbocycles. The first-order valence-electron chi connectivity index (χ1n) is 12.5. The number of pyridine rings is 2. The van der Waals surface area contributed by atoms with Gasteiger partial charge in [0.25, 0.3) is 5.91 Å². The Morgan fingerprint density at radius 3 is 2.78 bits per heavy atom. The number of rotatable bonds is 7. The van der Waals surface area contributed by atoms with Crippen LogP contribution in [-0.2, 0) is 22.5 Å². The summed E-state index contributed by atoms with van der Waals surface area (Å²) < 4.78 is 11.1. The molecule has 1 atom stereocenters. The first-order chi connectivity index (χ1) is 18.0. The lowest BCUT2D eigenvalue weighted by Crippen LogP contribution is -2.40. The molecular formula is C26H28N6O5. The molecule has 1 saturated carbocycles. The van der Waals surface area contributed by atoms with Crippen LogP contribution in [0.1, 0.15) is 59.3 Å². The van der Waals surface area contributed by atoms with Crippen LogP contribution in [0.15, 0.2) is 18.3 Å². The largest absolute Gasteiger partial charge is 0.489 e. The van der Waals surface area contributed by atoms with Gasteiger partial charge < -0.3 is 14.4 Å². The van der Waals surface area contributed by atoms with E-state index >= 15 is 0 Å². The Hall–Kier alpha value is -4.04. The third kappa shape index (κ3) is 4.97. The molecule has 3 aliphatic rings. The summed E-state index contributed by atoms with van der Waals surface area (Å²) in [7, 11) is 1.51. The van der Waals surface area contributed by atoms with Crippen molar-refractivity contribution in [3.05, 3.63) is 40.7 Å². The molecule has 3 amide bonds. The third-order valence-corrected chi connectivity index (χ3v) is 7.09. The Kier molecular flexibility index (Phi) is 7.01. The van der Waals surface area contributed by atoms with Crippen LogP contribution < -0.4 is 15.0 Å². The second kappa shape index (κ2) is 10.5. The molecule has 1 unspecified atom stereocenters. The van der Waals surface area contributed by atoms with Gasteiger partial charge in [-0.15, -0.1) is 0 Å². The summed E-state index contributed by atoms with van der Waals surface area (Å²) in [4.78, 5) is 49.5. The molecule has 4 heterocycles. The number of aldehydes is 1. The molecule has 0 spiro atoms. The average Bonchev–Trinajstić information content (AvgIpc) is 3.24. The first-order valence-corrected chi connectivity index (χ1v) is 12.5. The zero-order valence-corrected chi connectivity index (χ0v) is 20.6. The lowest BCUT2D eigenvalue weighted by Gasteiger charge is -2.30. The van der Waals surface area contributed by atoms with E-state index in [9.17, 15) is 19.6 Å². The van der Waals surface area contributed by atoms with Crippen LogP contribution >= 0.6 is 0 Å². The standard InChI is InChI=1S/C26H28N6O5/c1-36-21-7-9-31(25(21)34)14-17-10-16-4-3-8-32(24(16)29-20(17)15-33)26(35)30-23-11-22(18(12-27)13-28-23)37-19-5-2-6-19/h10-11,13,15,19,21H,2-9,14H2,1H3,(H,28,30,35). The molecule has 2 aliphatic heterocycles. The zero-order chi connectivity index (χ0) is 25.9. The number of ether oxygens (including phenoxy) is 2. The van der Waals surface area contributed by atoms with Crippen molar-refractivity contribution in [2.45, 2.75) is 57.3 Å². The van der Waals surface area contributed by atoms with Gasteiger partial charge >= 0.3 is 6.03 Å². The summed E-state index contributed by atoms with van der Waals surface area (Å²) in [5.41, 5.74) is 1.98. The number of nitriles is 1. The van der Waals surface area contributed by atoms with Crippen molar-refractivity contribution in [3.63, 3.8) is 0 Å². The number of carbonyl (C=O) groups excluding carboxylic acids is 3. The fourth-order valence-electron chi connectivity index (χ4n) is 4.81. The van der Waals surface area contributed by atoms with Gasteiger partial charge in [-0.2, -0.15) is 5.26 Å². The molecule has 37 heavy (non-hydrogen) atoms. The van der Waals surface area contributed by atoms with E-state index in [-0.39, 0.29) is 30.1 Å². The Morgan fingerprint density at radius 1 is 1.27 bits per heavy atom. The van der Waals surface area contributed by atoms with Crippen LogP contribution in [0.5, 0.6) is 5.75 Å². The molecule has 1 N–H and O–H groups in total. The van der Waals surface area contributed by atoms with Crippen molar-refractivity contribution in [1.29, 1.82) is 5.26 Å². The monoisotopic (exact) mass is 504 g/mol. The number of amides is 3. The first kappa shape index (κ1) is 24.6. The highest BCUT2D eigenvalue weighted by molar-refractivity contribution is 6.01. The maximum absolute atomic E-state index is 13.2. The molecule has 0 bridgehead atoms. The highest BCUT2D eigenvalue weighted by Crippen LogP contribution is 2.31. The van der Waals surface area contributed by atoms with E-state index in [1.165, 1.54) is 18.2 Å². The van der Waals surface area contributed by atoms with Crippen molar-refractivity contribution in [1.82, 2.24) is 14.9 Å². The third-order valence-electron chi connectivity index (χ3n) is 7.09. The molecule has 2 fully saturated rings. The van der Waals surface area contributed by atoms with E-state index in [4.69, 9.17) is 9.47 Å². The summed E-state index contributed by atoms with van der Waals surface area (Å²) in [5, 5.41) is 12.2. The number of anilines is 2. The van der Waals surface area contributed by atoms with E-state index in [1.807, 2.05) is 6.07 Å². The van der Waals surface area contributed by atoms with Gasteiger partial charge in [0, 0.05) is 44.8 Å². The number of fused-ring (bicyclic) bond motifs is 1. The van der Waals surface area contributed by atoms with E-state index in [2.05, 4.69) is 21.4 Å². The number of hydrogen-bond donors (Lipinski definition) is 1. The van der Waals surface area contributed by atoms with Crippen LogP contribution in [0.2, 0.25) is 0 Å². The number of aryl methyl sites for hydroxylation is 1. The van der Waals surface area contributed by atoms with Crippen LogP contribution in [0.4, 0.5) is 16.4 Å². The summed E-state index contributed by atoms with van der Waals surface area (Å²) in [6.07, 6.45) is 6.63. The minimum Gasteiger partial charge on any atom is -0.489 e. The number of hydrogen-bond acceptors (Lipinski definition) is 8. The van der Waals surface area contributed by atoms with Crippen molar-refractivity contribution in [2.24, 2.45) is 0 Å². The van der Waals surface area contributed by atoms with Crippen molar-refractivity contribution in [2.75, 3.05) is 30.4 Å². The number of aromatic nitrogens is 2. The summed E-state index contributed by atoms with van der Waals surface area (Å²) in [6, 6.07) is 5.06. The molecule has 11 nitrogen and oxygen atoms in total. The van der Waals surface area contributed by atoms with E-state index in [0.717, 1.165) is 24.8 Å². The van der Waals surface area contributed by atoms with Gasteiger partial charge in [-0.25, -0.2) is 14.8 Å². The fraction of sp³-hybridized carbons (Fsp3) is 0.462. The van der Waals surface area contributed by atoms with Crippen molar-refractivity contribution in [3.8, 4) is 11.8 Å². The average molecular weight is 505 g/mol. The molecule has 11 heteroatoms. The van der Waals surface area contributed by atoms with Crippen LogP contribution in [0.3, 0.4) is 0 Å². The minimum absolute atomic E-state index is 0.0726. The second-order valence-electron chi connectivity index (χ2n) is 9.44. The van der Waals surface area contributed by atoms with Gasteiger partial charge in [-0.3, -0.25) is 19.8 Å². The van der Waals surface area contributed by atoms with Gasteiger partial charge in [-0.1, -0.05) is 0 Å². The second-order valence-corrected chi connectivity index (χ2v) is 9.44. The molecule has 192 valence electrons.